The van der Waals surface area contributed by atoms with Crippen LogP contribution in [0.3, 0.4) is 0 Å². The number of unbranched alkanes of at least 4 members (excludes halogenated alkanes) is 1. The Morgan fingerprint density at radius 2 is 2.38 bits per heavy atom. The number of hydrogen-bond donors (Lipinski definition) is 1. The maximum atomic E-state index is 12.0. The van der Waals surface area contributed by atoms with Crippen molar-refractivity contribution in [3.05, 3.63) is 0 Å². The van der Waals surface area contributed by atoms with E-state index in [0.717, 1.165) is 32.4 Å². The van der Waals surface area contributed by atoms with Gasteiger partial charge in [0.2, 0.25) is 0 Å². The summed E-state index contributed by atoms with van der Waals surface area (Å²) in [5.41, 5.74) is 0. The van der Waals surface area contributed by atoms with Crippen LogP contribution in [0.1, 0.15) is 33.1 Å². The molecule has 0 aromatic carbocycles. The van der Waals surface area contributed by atoms with Gasteiger partial charge < -0.3 is 15.0 Å². The zero-order valence-corrected chi connectivity index (χ0v) is 10.7. The standard InChI is InChI=1S/C12H24N2O2/c1-4-5-8-16-10(2)12(15)14(3)11-6-7-13-9-11/h10-11,13H,4-9H2,1-3H3. The molecule has 4 nitrogen and oxygen atoms in total. The Morgan fingerprint density at radius 3 is 2.94 bits per heavy atom. The lowest BCUT2D eigenvalue weighted by molar-refractivity contribution is -0.143. The number of likely N-dealkylation sites (N-methyl/N-ethyl adjacent to an activating group) is 1. The Labute approximate surface area is 98.3 Å². The summed E-state index contributed by atoms with van der Waals surface area (Å²) in [4.78, 5) is 13.8. The first kappa shape index (κ1) is 13.5. The van der Waals surface area contributed by atoms with Crippen molar-refractivity contribution in [1.29, 1.82) is 0 Å². The minimum absolute atomic E-state index is 0.102. The number of nitrogens with one attached hydrogen (secondary N) is 1. The van der Waals surface area contributed by atoms with Crippen molar-refractivity contribution in [1.82, 2.24) is 10.2 Å². The second-order valence-electron chi connectivity index (χ2n) is 4.46. The van der Waals surface area contributed by atoms with Crippen molar-refractivity contribution in [2.45, 2.75) is 45.3 Å². The zero-order chi connectivity index (χ0) is 12.0. The van der Waals surface area contributed by atoms with Gasteiger partial charge in [-0.05, 0) is 26.3 Å². The van der Waals surface area contributed by atoms with E-state index >= 15 is 0 Å². The second-order valence-corrected chi connectivity index (χ2v) is 4.46. The van der Waals surface area contributed by atoms with Crippen LogP contribution in [0.5, 0.6) is 0 Å². The highest BCUT2D eigenvalue weighted by Crippen LogP contribution is 2.09. The number of hydrogen-bond acceptors (Lipinski definition) is 3. The fourth-order valence-corrected chi connectivity index (χ4v) is 1.91. The molecule has 1 heterocycles. The van der Waals surface area contributed by atoms with Crippen molar-refractivity contribution in [2.75, 3.05) is 26.7 Å². The van der Waals surface area contributed by atoms with Crippen molar-refractivity contribution >= 4 is 5.91 Å². The second kappa shape index (κ2) is 6.86. The average molecular weight is 228 g/mol. The molecule has 0 radical (unpaired) electrons. The molecule has 0 bridgehead atoms. The van der Waals surface area contributed by atoms with Gasteiger partial charge in [0.1, 0.15) is 6.10 Å². The first-order valence-corrected chi connectivity index (χ1v) is 6.25. The van der Waals surface area contributed by atoms with Gasteiger partial charge in [-0.3, -0.25) is 4.79 Å². The van der Waals surface area contributed by atoms with Gasteiger partial charge in [0.05, 0.1) is 0 Å². The minimum atomic E-state index is -0.308. The predicted molar refractivity (Wildman–Crippen MR) is 64.4 cm³/mol. The number of ether oxygens (including phenoxy) is 1. The van der Waals surface area contributed by atoms with E-state index in [0.29, 0.717) is 12.6 Å². The molecule has 1 saturated heterocycles. The first-order valence-electron chi connectivity index (χ1n) is 6.25. The molecular weight excluding hydrogens is 204 g/mol. The fourth-order valence-electron chi connectivity index (χ4n) is 1.91. The van der Waals surface area contributed by atoms with Crippen LogP contribution in [0, 0.1) is 0 Å². The molecule has 94 valence electrons. The molecule has 16 heavy (non-hydrogen) atoms. The van der Waals surface area contributed by atoms with Crippen LogP contribution in [0.25, 0.3) is 0 Å². The highest BCUT2D eigenvalue weighted by Gasteiger charge is 2.26. The summed E-state index contributed by atoms with van der Waals surface area (Å²) in [5, 5.41) is 3.26. The maximum Gasteiger partial charge on any atom is 0.251 e. The molecule has 0 spiro atoms. The Hall–Kier alpha value is -0.610. The molecule has 1 amide bonds. The van der Waals surface area contributed by atoms with Crippen LogP contribution < -0.4 is 5.32 Å². The van der Waals surface area contributed by atoms with Crippen molar-refractivity contribution in [2.24, 2.45) is 0 Å². The minimum Gasteiger partial charge on any atom is -0.369 e. The number of amides is 1. The van der Waals surface area contributed by atoms with Gasteiger partial charge in [0.25, 0.3) is 5.91 Å². The Kier molecular flexibility index (Phi) is 5.77. The lowest BCUT2D eigenvalue weighted by Gasteiger charge is -2.26. The molecule has 2 atom stereocenters. The fraction of sp³-hybridized carbons (Fsp3) is 0.917. The molecule has 4 heteroatoms. The van der Waals surface area contributed by atoms with E-state index in [1.807, 2.05) is 18.9 Å². The van der Waals surface area contributed by atoms with Crippen molar-refractivity contribution < 1.29 is 9.53 Å². The third-order valence-electron chi connectivity index (χ3n) is 3.14. The summed E-state index contributed by atoms with van der Waals surface area (Å²) in [6, 6.07) is 0.338. The van der Waals surface area contributed by atoms with Crippen LogP contribution in [0.15, 0.2) is 0 Å². The van der Waals surface area contributed by atoms with Crippen LogP contribution in [-0.4, -0.2) is 49.7 Å². The summed E-state index contributed by atoms with van der Waals surface area (Å²) in [6.07, 6.45) is 2.86. The molecular formula is C12H24N2O2. The summed E-state index contributed by atoms with van der Waals surface area (Å²) < 4.78 is 5.51. The molecule has 0 aromatic heterocycles. The van der Waals surface area contributed by atoms with Crippen molar-refractivity contribution in [3.8, 4) is 0 Å². The van der Waals surface area contributed by atoms with Crippen LogP contribution in [0.2, 0.25) is 0 Å². The van der Waals surface area contributed by atoms with Crippen molar-refractivity contribution in [3.63, 3.8) is 0 Å². The van der Waals surface area contributed by atoms with E-state index in [4.69, 9.17) is 4.74 Å². The predicted octanol–water partition coefficient (Wildman–Crippen LogP) is 1.01. The molecule has 1 aliphatic heterocycles. The van der Waals surface area contributed by atoms with Gasteiger partial charge in [-0.1, -0.05) is 13.3 Å². The number of carbonyl (C=O) groups excluding carboxylic acids is 1. The van der Waals surface area contributed by atoms with Gasteiger partial charge in [-0.15, -0.1) is 0 Å². The monoisotopic (exact) mass is 228 g/mol. The summed E-state index contributed by atoms with van der Waals surface area (Å²) in [6.45, 7) is 6.56. The molecule has 0 aromatic rings. The molecule has 0 saturated carbocycles. The third-order valence-corrected chi connectivity index (χ3v) is 3.14. The highest BCUT2D eigenvalue weighted by atomic mass is 16.5. The highest BCUT2D eigenvalue weighted by molar-refractivity contribution is 5.80. The van der Waals surface area contributed by atoms with E-state index in [-0.39, 0.29) is 12.0 Å². The average Bonchev–Trinajstić information content (AvgIpc) is 2.80. The largest absolute Gasteiger partial charge is 0.369 e. The SMILES string of the molecule is CCCCOC(C)C(=O)N(C)C1CCNC1. The Bertz CT molecular complexity index is 215. The van der Waals surface area contributed by atoms with Gasteiger partial charge in [-0.25, -0.2) is 0 Å². The van der Waals surface area contributed by atoms with Gasteiger partial charge in [0, 0.05) is 26.2 Å². The normalized spacial score (nSPS) is 22.1. The smallest absolute Gasteiger partial charge is 0.251 e. The Morgan fingerprint density at radius 1 is 1.62 bits per heavy atom. The van der Waals surface area contributed by atoms with E-state index < -0.39 is 0 Å². The quantitative estimate of drug-likeness (QED) is 0.690. The van der Waals surface area contributed by atoms with Gasteiger partial charge in [0.15, 0.2) is 0 Å². The van der Waals surface area contributed by atoms with E-state index in [2.05, 4.69) is 12.2 Å². The van der Waals surface area contributed by atoms with E-state index in [9.17, 15) is 4.79 Å². The third kappa shape index (κ3) is 3.76. The van der Waals surface area contributed by atoms with Crippen LogP contribution >= 0.6 is 0 Å². The topological polar surface area (TPSA) is 41.6 Å². The molecule has 1 N–H and O–H groups in total. The number of rotatable bonds is 6. The van der Waals surface area contributed by atoms with Gasteiger partial charge >= 0.3 is 0 Å². The molecule has 2 unspecified atom stereocenters. The molecule has 1 aliphatic rings. The zero-order valence-electron chi connectivity index (χ0n) is 10.7. The lowest BCUT2D eigenvalue weighted by Crippen LogP contribution is -2.43. The van der Waals surface area contributed by atoms with E-state index in [1.165, 1.54) is 0 Å². The summed E-state index contributed by atoms with van der Waals surface area (Å²) in [5.74, 6) is 0.102. The summed E-state index contributed by atoms with van der Waals surface area (Å²) >= 11 is 0. The molecule has 1 rings (SSSR count). The van der Waals surface area contributed by atoms with Crippen LogP contribution in [0.4, 0.5) is 0 Å². The Balaban J connectivity index is 2.30. The summed E-state index contributed by atoms with van der Waals surface area (Å²) in [7, 11) is 1.87. The van der Waals surface area contributed by atoms with Gasteiger partial charge in [-0.2, -0.15) is 0 Å². The van der Waals surface area contributed by atoms with E-state index in [1.54, 1.807) is 0 Å². The first-order chi connectivity index (χ1) is 7.66. The number of nitrogens with zero attached hydrogens (tertiary/aromatic N) is 1. The number of carbonyl (C=O) groups is 1. The van der Waals surface area contributed by atoms with Crippen LogP contribution in [-0.2, 0) is 9.53 Å². The molecule has 1 fully saturated rings. The maximum absolute atomic E-state index is 12.0. The lowest BCUT2D eigenvalue weighted by atomic mass is 10.2. The molecule has 0 aliphatic carbocycles.